The van der Waals surface area contributed by atoms with Crippen LogP contribution in [0.2, 0.25) is 0 Å². The van der Waals surface area contributed by atoms with Crippen molar-refractivity contribution in [2.75, 3.05) is 11.9 Å². The third-order valence-corrected chi connectivity index (χ3v) is 1.98. The van der Waals surface area contributed by atoms with Crippen LogP contribution in [0.4, 0.5) is 23.2 Å². The molecule has 18 heavy (non-hydrogen) atoms. The van der Waals surface area contributed by atoms with Gasteiger partial charge in [0.15, 0.2) is 0 Å². The van der Waals surface area contributed by atoms with E-state index in [1.165, 1.54) is 19.1 Å². The van der Waals surface area contributed by atoms with E-state index in [0.717, 1.165) is 12.1 Å². The van der Waals surface area contributed by atoms with Gasteiger partial charge in [0.25, 0.3) is 5.91 Å². The molecule has 1 rings (SSSR count). The van der Waals surface area contributed by atoms with Crippen LogP contribution in [0.5, 0.6) is 0 Å². The van der Waals surface area contributed by atoms with E-state index in [2.05, 4.69) is 10.1 Å². The van der Waals surface area contributed by atoms with Gasteiger partial charge in [0.2, 0.25) is 0 Å². The summed E-state index contributed by atoms with van der Waals surface area (Å²) in [6.45, 7) is -0.296. The molecular formula is C11H11F4NO2. The van der Waals surface area contributed by atoms with E-state index in [0.29, 0.717) is 0 Å². The Labute approximate surface area is 101 Å². The smallest absolute Gasteiger partial charge is 0.359 e. The summed E-state index contributed by atoms with van der Waals surface area (Å²) in [7, 11) is 0. The Kier molecular flexibility index (Phi) is 4.66. The summed E-state index contributed by atoms with van der Waals surface area (Å²) in [6.07, 6.45) is -5.73. The largest absolute Gasteiger partial charge is 0.411 e. The van der Waals surface area contributed by atoms with Crippen molar-refractivity contribution in [1.29, 1.82) is 0 Å². The fourth-order valence-corrected chi connectivity index (χ4v) is 1.07. The lowest BCUT2D eigenvalue weighted by molar-refractivity contribution is -0.184. The van der Waals surface area contributed by atoms with Crippen molar-refractivity contribution in [3.8, 4) is 0 Å². The summed E-state index contributed by atoms with van der Waals surface area (Å²) in [5.41, 5.74) is 0.281. The lowest BCUT2D eigenvalue weighted by atomic mass is 10.3. The zero-order valence-electron chi connectivity index (χ0n) is 9.42. The molecule has 0 bridgehead atoms. The summed E-state index contributed by atoms with van der Waals surface area (Å²) in [5.74, 6) is -1.21. The standard InChI is InChI=1S/C11H11F4NO2/c1-7(18-6-11(13,14)15)10(17)16-9-4-2-8(12)3-5-9/h2-5,7H,6H2,1H3,(H,16,17)/t7-/m1/s1. The van der Waals surface area contributed by atoms with Gasteiger partial charge in [-0.25, -0.2) is 4.39 Å². The predicted molar refractivity (Wildman–Crippen MR) is 56.5 cm³/mol. The molecule has 0 aliphatic carbocycles. The van der Waals surface area contributed by atoms with Crippen molar-refractivity contribution >= 4 is 11.6 Å². The molecule has 0 unspecified atom stereocenters. The van der Waals surface area contributed by atoms with Gasteiger partial charge in [0.1, 0.15) is 18.5 Å². The molecule has 1 atom stereocenters. The predicted octanol–water partition coefficient (Wildman–Crippen LogP) is 2.73. The molecule has 1 aromatic rings. The highest BCUT2D eigenvalue weighted by Gasteiger charge is 2.29. The normalized spacial score (nSPS) is 13.2. The molecule has 1 aromatic carbocycles. The molecule has 1 amide bonds. The number of hydrogen-bond donors (Lipinski definition) is 1. The summed E-state index contributed by atoms with van der Waals surface area (Å²) in [6, 6.07) is 4.83. The number of rotatable bonds is 4. The molecule has 0 radical (unpaired) electrons. The van der Waals surface area contributed by atoms with Crippen LogP contribution in [0.15, 0.2) is 24.3 Å². The first-order valence-corrected chi connectivity index (χ1v) is 5.03. The Morgan fingerprint density at radius 3 is 2.39 bits per heavy atom. The Hall–Kier alpha value is -1.63. The van der Waals surface area contributed by atoms with Crippen LogP contribution in [-0.2, 0) is 9.53 Å². The highest BCUT2D eigenvalue weighted by molar-refractivity contribution is 5.93. The Bertz CT molecular complexity index is 402. The molecule has 0 aliphatic heterocycles. The van der Waals surface area contributed by atoms with Gasteiger partial charge in [-0.05, 0) is 31.2 Å². The van der Waals surface area contributed by atoms with E-state index in [-0.39, 0.29) is 5.69 Å². The van der Waals surface area contributed by atoms with Gasteiger partial charge in [-0.15, -0.1) is 0 Å². The molecule has 0 fully saturated rings. The summed E-state index contributed by atoms with van der Waals surface area (Å²) in [5, 5.41) is 2.31. The number of benzene rings is 1. The van der Waals surface area contributed by atoms with Crippen molar-refractivity contribution < 1.29 is 27.1 Å². The third-order valence-electron chi connectivity index (χ3n) is 1.98. The number of hydrogen-bond acceptors (Lipinski definition) is 2. The quantitative estimate of drug-likeness (QED) is 0.850. The van der Waals surface area contributed by atoms with Gasteiger partial charge in [0.05, 0.1) is 0 Å². The molecule has 0 saturated heterocycles. The molecule has 0 heterocycles. The second kappa shape index (κ2) is 5.81. The van der Waals surface area contributed by atoms with Crippen LogP contribution >= 0.6 is 0 Å². The van der Waals surface area contributed by atoms with Crippen LogP contribution < -0.4 is 5.32 Å². The van der Waals surface area contributed by atoms with Crippen LogP contribution in [0.25, 0.3) is 0 Å². The lowest BCUT2D eigenvalue weighted by Gasteiger charge is -2.14. The van der Waals surface area contributed by atoms with Gasteiger partial charge >= 0.3 is 6.18 Å². The van der Waals surface area contributed by atoms with Gasteiger partial charge in [-0.3, -0.25) is 4.79 Å². The molecule has 0 aliphatic rings. The molecule has 100 valence electrons. The average Bonchev–Trinajstić information content (AvgIpc) is 2.28. The number of carbonyl (C=O) groups excluding carboxylic acids is 1. The minimum absolute atomic E-state index is 0.281. The zero-order valence-corrected chi connectivity index (χ0v) is 9.42. The van der Waals surface area contributed by atoms with E-state index in [9.17, 15) is 22.4 Å². The van der Waals surface area contributed by atoms with E-state index >= 15 is 0 Å². The number of amides is 1. The first kappa shape index (κ1) is 14.4. The maximum absolute atomic E-state index is 12.6. The monoisotopic (exact) mass is 265 g/mol. The van der Waals surface area contributed by atoms with E-state index < -0.39 is 30.6 Å². The lowest BCUT2D eigenvalue weighted by Crippen LogP contribution is -2.31. The van der Waals surface area contributed by atoms with E-state index in [1.807, 2.05) is 0 Å². The van der Waals surface area contributed by atoms with Crippen molar-refractivity contribution in [3.63, 3.8) is 0 Å². The number of nitrogens with one attached hydrogen (secondary N) is 1. The first-order chi connectivity index (χ1) is 8.28. The van der Waals surface area contributed by atoms with Crippen LogP contribution in [0.3, 0.4) is 0 Å². The summed E-state index contributed by atoms with van der Waals surface area (Å²) in [4.78, 5) is 11.4. The summed E-state index contributed by atoms with van der Waals surface area (Å²) >= 11 is 0. The maximum Gasteiger partial charge on any atom is 0.411 e. The number of anilines is 1. The minimum Gasteiger partial charge on any atom is -0.359 e. The second-order valence-corrected chi connectivity index (χ2v) is 3.56. The van der Waals surface area contributed by atoms with Gasteiger partial charge in [0, 0.05) is 5.69 Å². The zero-order chi connectivity index (χ0) is 13.8. The SMILES string of the molecule is C[C@@H](OCC(F)(F)F)C(=O)Nc1ccc(F)cc1. The van der Waals surface area contributed by atoms with E-state index in [4.69, 9.17) is 0 Å². The van der Waals surface area contributed by atoms with Crippen molar-refractivity contribution in [1.82, 2.24) is 0 Å². The van der Waals surface area contributed by atoms with Crippen molar-refractivity contribution in [3.05, 3.63) is 30.1 Å². The maximum atomic E-state index is 12.6. The molecule has 0 saturated carbocycles. The van der Waals surface area contributed by atoms with Gasteiger partial charge < -0.3 is 10.1 Å². The van der Waals surface area contributed by atoms with Gasteiger partial charge in [-0.1, -0.05) is 0 Å². The molecule has 1 N–H and O–H groups in total. The van der Waals surface area contributed by atoms with Crippen molar-refractivity contribution in [2.24, 2.45) is 0 Å². The summed E-state index contributed by atoms with van der Waals surface area (Å²) < 4.78 is 52.5. The fraction of sp³-hybridized carbons (Fsp3) is 0.364. The molecule has 0 spiro atoms. The third kappa shape index (κ3) is 5.13. The molecule has 3 nitrogen and oxygen atoms in total. The number of halogens is 4. The van der Waals surface area contributed by atoms with Crippen molar-refractivity contribution in [2.45, 2.75) is 19.2 Å². The average molecular weight is 265 g/mol. The first-order valence-electron chi connectivity index (χ1n) is 5.03. The van der Waals surface area contributed by atoms with Crippen LogP contribution in [0.1, 0.15) is 6.92 Å². The number of alkyl halides is 3. The Balaban J connectivity index is 2.47. The Morgan fingerprint density at radius 1 is 1.33 bits per heavy atom. The van der Waals surface area contributed by atoms with Gasteiger partial charge in [-0.2, -0.15) is 13.2 Å². The topological polar surface area (TPSA) is 38.3 Å². The highest BCUT2D eigenvalue weighted by atomic mass is 19.4. The van der Waals surface area contributed by atoms with Crippen LogP contribution in [-0.4, -0.2) is 24.8 Å². The van der Waals surface area contributed by atoms with E-state index in [1.54, 1.807) is 0 Å². The fourth-order valence-electron chi connectivity index (χ4n) is 1.07. The second-order valence-electron chi connectivity index (χ2n) is 3.56. The van der Waals surface area contributed by atoms with Crippen LogP contribution in [0, 0.1) is 5.82 Å². The minimum atomic E-state index is -4.48. The number of carbonyl (C=O) groups is 1. The number of ether oxygens (including phenoxy) is 1. The molecular weight excluding hydrogens is 254 g/mol. The highest BCUT2D eigenvalue weighted by Crippen LogP contribution is 2.16. The molecule has 7 heteroatoms. The molecule has 0 aromatic heterocycles. The Morgan fingerprint density at radius 2 is 1.89 bits per heavy atom.